The van der Waals surface area contributed by atoms with E-state index in [4.69, 9.17) is 0 Å². The smallest absolute Gasteiger partial charge is 0.00721 e. The van der Waals surface area contributed by atoms with Gasteiger partial charge in [0.2, 0.25) is 0 Å². The number of thioether (sulfide) groups is 2. The highest BCUT2D eigenvalue weighted by Gasteiger charge is 2.30. The summed E-state index contributed by atoms with van der Waals surface area (Å²) in [6.45, 7) is 2.49. The highest BCUT2D eigenvalue weighted by atomic mass is 32.2. The van der Waals surface area contributed by atoms with Crippen LogP contribution in [0.25, 0.3) is 0 Å². The fourth-order valence-corrected chi connectivity index (χ4v) is 8.89. The van der Waals surface area contributed by atoms with Crippen LogP contribution >= 0.6 is 31.4 Å². The van der Waals surface area contributed by atoms with Crippen molar-refractivity contribution in [1.82, 2.24) is 0 Å². The monoisotopic (exact) mass is 472 g/mol. The lowest BCUT2D eigenvalue weighted by molar-refractivity contribution is 0.501. The van der Waals surface area contributed by atoms with Crippen molar-refractivity contribution in [3.63, 3.8) is 0 Å². The molecular weight excluding hydrogens is 443 g/mol. The SMILES string of the molecule is CC(CSc1ccccc1)(CSc1ccccc1)CP(c1ccccc1)c1ccccc1. The van der Waals surface area contributed by atoms with Gasteiger partial charge in [0.05, 0.1) is 0 Å². The summed E-state index contributed by atoms with van der Waals surface area (Å²) in [5, 5.41) is 2.93. The summed E-state index contributed by atoms with van der Waals surface area (Å²) in [6, 6.07) is 43.9. The zero-order valence-electron chi connectivity index (χ0n) is 18.4. The molecule has 3 heteroatoms. The second-order valence-electron chi connectivity index (χ2n) is 8.27. The average molecular weight is 473 g/mol. The summed E-state index contributed by atoms with van der Waals surface area (Å²) in [5.74, 6) is 2.21. The zero-order chi connectivity index (χ0) is 22.1. The number of rotatable bonds is 10. The topological polar surface area (TPSA) is 0 Å². The van der Waals surface area contributed by atoms with Gasteiger partial charge in [0, 0.05) is 21.3 Å². The van der Waals surface area contributed by atoms with E-state index in [1.807, 2.05) is 23.5 Å². The average Bonchev–Trinajstić information content (AvgIpc) is 2.87. The molecule has 0 saturated heterocycles. The Morgan fingerprint density at radius 3 is 1.25 bits per heavy atom. The van der Waals surface area contributed by atoms with Crippen molar-refractivity contribution in [2.75, 3.05) is 17.7 Å². The van der Waals surface area contributed by atoms with Crippen molar-refractivity contribution in [2.24, 2.45) is 5.41 Å². The summed E-state index contributed by atoms with van der Waals surface area (Å²) in [4.78, 5) is 2.71. The first-order valence-electron chi connectivity index (χ1n) is 11.0. The lowest BCUT2D eigenvalue weighted by Crippen LogP contribution is -2.31. The third-order valence-electron chi connectivity index (χ3n) is 5.34. The minimum absolute atomic E-state index is 0.193. The molecule has 4 aromatic rings. The van der Waals surface area contributed by atoms with E-state index in [1.54, 1.807) is 0 Å². The molecule has 32 heavy (non-hydrogen) atoms. The number of benzene rings is 4. The molecule has 0 nitrogen and oxygen atoms in total. The Labute approximate surface area is 202 Å². The summed E-state index contributed by atoms with van der Waals surface area (Å²) < 4.78 is 0. The molecule has 0 atom stereocenters. The van der Waals surface area contributed by atoms with Gasteiger partial charge in [0.1, 0.15) is 0 Å². The summed E-state index contributed by atoms with van der Waals surface area (Å²) >= 11 is 3.98. The Morgan fingerprint density at radius 1 is 0.531 bits per heavy atom. The fraction of sp³-hybridized carbons (Fsp3) is 0.172. The van der Waals surface area contributed by atoms with Gasteiger partial charge in [0.25, 0.3) is 0 Å². The number of hydrogen-bond acceptors (Lipinski definition) is 2. The van der Waals surface area contributed by atoms with E-state index in [2.05, 4.69) is 128 Å². The van der Waals surface area contributed by atoms with E-state index in [0.29, 0.717) is 0 Å². The first-order valence-corrected chi connectivity index (χ1v) is 14.5. The van der Waals surface area contributed by atoms with Crippen molar-refractivity contribution < 1.29 is 0 Å². The fourth-order valence-electron chi connectivity index (χ4n) is 3.61. The third-order valence-corrected chi connectivity index (χ3v) is 11.2. The third kappa shape index (κ3) is 6.75. The Hall–Kier alpha value is -1.99. The van der Waals surface area contributed by atoms with Crippen molar-refractivity contribution in [2.45, 2.75) is 16.7 Å². The lowest BCUT2D eigenvalue weighted by atomic mass is 9.99. The first kappa shape index (κ1) is 23.2. The predicted octanol–water partition coefficient (Wildman–Crippen LogP) is 7.71. The van der Waals surface area contributed by atoms with Gasteiger partial charge in [-0.25, -0.2) is 0 Å². The molecule has 0 saturated carbocycles. The molecule has 0 heterocycles. The van der Waals surface area contributed by atoms with Crippen molar-refractivity contribution in [3.8, 4) is 0 Å². The van der Waals surface area contributed by atoms with E-state index in [0.717, 1.165) is 11.5 Å². The molecular formula is C29H29PS2. The maximum Gasteiger partial charge on any atom is 0.00721 e. The van der Waals surface area contributed by atoms with Gasteiger partial charge in [-0.3, -0.25) is 0 Å². The van der Waals surface area contributed by atoms with Crippen molar-refractivity contribution >= 4 is 42.1 Å². The van der Waals surface area contributed by atoms with Crippen LogP contribution in [0.4, 0.5) is 0 Å². The number of hydrogen-bond donors (Lipinski definition) is 0. The zero-order valence-corrected chi connectivity index (χ0v) is 21.0. The minimum Gasteiger partial charge on any atom is -0.126 e. The first-order chi connectivity index (χ1) is 15.7. The van der Waals surface area contributed by atoms with Crippen LogP contribution < -0.4 is 10.6 Å². The summed E-state index contributed by atoms with van der Waals surface area (Å²) in [7, 11) is -0.426. The van der Waals surface area contributed by atoms with E-state index in [1.165, 1.54) is 26.6 Å². The van der Waals surface area contributed by atoms with Gasteiger partial charge in [-0.05, 0) is 54.4 Å². The molecule has 0 fully saturated rings. The largest absolute Gasteiger partial charge is 0.126 e. The van der Waals surface area contributed by atoms with Crippen LogP contribution in [-0.4, -0.2) is 17.7 Å². The second-order valence-corrected chi connectivity index (χ2v) is 12.6. The summed E-state index contributed by atoms with van der Waals surface area (Å²) in [6.07, 6.45) is 1.18. The van der Waals surface area contributed by atoms with Gasteiger partial charge in [0.15, 0.2) is 0 Å². The molecule has 162 valence electrons. The maximum absolute atomic E-state index is 2.49. The van der Waals surface area contributed by atoms with E-state index >= 15 is 0 Å². The Morgan fingerprint density at radius 2 is 0.875 bits per heavy atom. The maximum atomic E-state index is 2.49. The Balaban J connectivity index is 1.60. The molecule has 4 aromatic carbocycles. The van der Waals surface area contributed by atoms with Crippen LogP contribution in [0.15, 0.2) is 131 Å². The van der Waals surface area contributed by atoms with Crippen LogP contribution in [0, 0.1) is 5.41 Å². The molecule has 0 radical (unpaired) electrons. The molecule has 0 aliphatic carbocycles. The highest BCUT2D eigenvalue weighted by molar-refractivity contribution is 8.00. The summed E-state index contributed by atoms with van der Waals surface area (Å²) in [5.41, 5.74) is 0.193. The molecule has 0 N–H and O–H groups in total. The molecule has 0 aliphatic heterocycles. The van der Waals surface area contributed by atoms with Crippen LogP contribution in [0.2, 0.25) is 0 Å². The molecule has 0 bridgehead atoms. The normalized spacial score (nSPS) is 11.6. The van der Waals surface area contributed by atoms with Crippen LogP contribution in [-0.2, 0) is 0 Å². The van der Waals surface area contributed by atoms with E-state index in [-0.39, 0.29) is 5.41 Å². The standard InChI is InChI=1S/C29H29PS2/c1-29(23-31-27-18-10-4-11-19-27,24-32-28-20-12-5-13-21-28)22-30(25-14-6-2-7-15-25)26-16-8-3-9-17-26/h2-21H,22-24H2,1H3. The molecule has 0 amide bonds. The van der Waals surface area contributed by atoms with E-state index in [9.17, 15) is 0 Å². The second kappa shape index (κ2) is 11.8. The molecule has 0 spiro atoms. The van der Waals surface area contributed by atoms with Gasteiger partial charge in [-0.1, -0.05) is 104 Å². The minimum atomic E-state index is -0.426. The molecule has 0 unspecified atom stereocenters. The Bertz CT molecular complexity index is 970. The predicted molar refractivity (Wildman–Crippen MR) is 146 cm³/mol. The lowest BCUT2D eigenvalue weighted by Gasteiger charge is -2.34. The van der Waals surface area contributed by atoms with Crippen LogP contribution in [0.3, 0.4) is 0 Å². The quantitative estimate of drug-likeness (QED) is 0.171. The highest BCUT2D eigenvalue weighted by Crippen LogP contribution is 2.44. The van der Waals surface area contributed by atoms with Gasteiger partial charge >= 0.3 is 0 Å². The van der Waals surface area contributed by atoms with Gasteiger partial charge in [-0.15, -0.1) is 23.5 Å². The Kier molecular flexibility index (Phi) is 8.51. The molecule has 0 aromatic heterocycles. The van der Waals surface area contributed by atoms with E-state index < -0.39 is 7.92 Å². The van der Waals surface area contributed by atoms with Crippen LogP contribution in [0.5, 0.6) is 0 Å². The molecule has 0 aliphatic rings. The molecule has 4 rings (SSSR count). The van der Waals surface area contributed by atoms with Crippen molar-refractivity contribution in [1.29, 1.82) is 0 Å². The van der Waals surface area contributed by atoms with Gasteiger partial charge in [-0.2, -0.15) is 0 Å². The van der Waals surface area contributed by atoms with Crippen LogP contribution in [0.1, 0.15) is 6.92 Å². The van der Waals surface area contributed by atoms with Gasteiger partial charge < -0.3 is 0 Å². The van der Waals surface area contributed by atoms with Crippen molar-refractivity contribution in [3.05, 3.63) is 121 Å².